The quantitative estimate of drug-likeness (QED) is 0.109. The summed E-state index contributed by atoms with van der Waals surface area (Å²) < 4.78 is 64.0. The summed E-state index contributed by atoms with van der Waals surface area (Å²) in [5.41, 5.74) is -4.34. The number of carbonyl (C=O) groups is 5. The SMILES string of the molecule is COc1cccc2c1C(=O)c1c(O)c3c(c(O)c1C2=O)C[C@@](O)(C(C)=O)C[C@@H]3O[C@H]1C[C@H](NC(=O)C(F)(F)F)[C@@H](OC(=O)C[Se]c2ccccc2Cl)[C@H](C)O1. The summed E-state index contributed by atoms with van der Waals surface area (Å²) in [6, 6.07) is 9.41. The number of phenolic OH excluding ortho intramolecular Hbond substituents is 2. The molecule has 3 aromatic rings. The number of halogens is 4. The fourth-order valence-corrected chi connectivity index (χ4v) is 9.00. The second kappa shape index (κ2) is 15.2. The van der Waals surface area contributed by atoms with Crippen molar-refractivity contribution in [2.24, 2.45) is 0 Å². The van der Waals surface area contributed by atoms with Crippen LogP contribution in [-0.2, 0) is 35.0 Å². The molecule has 292 valence electrons. The Labute approximate surface area is 322 Å². The van der Waals surface area contributed by atoms with Crippen molar-refractivity contribution in [2.45, 2.75) is 80.9 Å². The number of rotatable bonds is 9. The number of methoxy groups -OCH3 is 1. The molecule has 0 saturated carbocycles. The van der Waals surface area contributed by atoms with Crippen molar-refractivity contribution < 1.29 is 71.4 Å². The molecule has 4 N–H and O–H groups in total. The van der Waals surface area contributed by atoms with Crippen molar-refractivity contribution in [3.63, 3.8) is 0 Å². The van der Waals surface area contributed by atoms with Crippen molar-refractivity contribution in [2.75, 3.05) is 7.11 Å². The molecule has 0 spiro atoms. The molecule has 55 heavy (non-hydrogen) atoms. The van der Waals surface area contributed by atoms with Gasteiger partial charge in [0.2, 0.25) is 5.78 Å². The number of carbonyl (C=O) groups excluding carboxylic acids is 5. The van der Waals surface area contributed by atoms with E-state index in [2.05, 4.69) is 0 Å². The molecule has 18 heteroatoms. The molecule has 3 aliphatic rings. The Balaban J connectivity index is 1.34. The van der Waals surface area contributed by atoms with Crippen molar-refractivity contribution in [1.29, 1.82) is 0 Å². The first-order valence-corrected chi connectivity index (χ1v) is 19.2. The first kappa shape index (κ1) is 40.2. The summed E-state index contributed by atoms with van der Waals surface area (Å²) in [6.45, 7) is 2.41. The summed E-state index contributed by atoms with van der Waals surface area (Å²) >= 11 is 5.67. The van der Waals surface area contributed by atoms with E-state index in [1.165, 1.54) is 32.2 Å². The Morgan fingerprint density at radius 2 is 1.73 bits per heavy atom. The van der Waals surface area contributed by atoms with E-state index in [4.69, 9.17) is 30.5 Å². The summed E-state index contributed by atoms with van der Waals surface area (Å²) in [6.07, 6.45) is -12.9. The molecule has 1 heterocycles. The van der Waals surface area contributed by atoms with Gasteiger partial charge in [-0.3, -0.25) is 14.4 Å². The van der Waals surface area contributed by atoms with Gasteiger partial charge in [-0.2, -0.15) is 0 Å². The zero-order valence-electron chi connectivity index (χ0n) is 29.2. The monoisotopic (exact) mass is 855 g/mol. The molecule has 1 saturated heterocycles. The normalized spacial score (nSPS) is 24.6. The molecule has 0 bridgehead atoms. The maximum atomic E-state index is 13.9. The van der Waals surface area contributed by atoms with Gasteiger partial charge in [-0.15, -0.1) is 0 Å². The van der Waals surface area contributed by atoms with Gasteiger partial charge in [-0.1, -0.05) is 12.1 Å². The molecular weight excluding hydrogens is 822 g/mol. The van der Waals surface area contributed by atoms with Gasteiger partial charge in [0.15, 0.2) is 5.78 Å². The molecule has 1 fully saturated rings. The van der Waals surface area contributed by atoms with Crippen LogP contribution in [-0.4, -0.2) is 103 Å². The van der Waals surface area contributed by atoms with Crippen LogP contribution in [0.5, 0.6) is 17.2 Å². The number of aliphatic hydroxyl groups is 1. The third-order valence-corrected chi connectivity index (χ3v) is 12.5. The number of benzene rings is 3. The third-order valence-electron chi connectivity index (χ3n) is 9.74. The van der Waals surface area contributed by atoms with E-state index in [0.29, 0.717) is 9.48 Å². The van der Waals surface area contributed by atoms with E-state index >= 15 is 0 Å². The summed E-state index contributed by atoms with van der Waals surface area (Å²) in [4.78, 5) is 65.6. The van der Waals surface area contributed by atoms with Crippen LogP contribution < -0.4 is 14.5 Å². The Morgan fingerprint density at radius 3 is 2.38 bits per heavy atom. The number of amides is 1. The molecule has 0 unspecified atom stereocenters. The van der Waals surface area contributed by atoms with E-state index < -0.39 is 128 Å². The fourth-order valence-electron chi connectivity index (χ4n) is 7.07. The number of Topliss-reactive ketones (excluding diaryl/α,β-unsaturated/α-hetero) is 1. The number of nitrogens with one attached hydrogen (secondary N) is 1. The number of aromatic hydroxyl groups is 2. The van der Waals surface area contributed by atoms with Crippen molar-refractivity contribution >= 4 is 60.2 Å². The molecule has 13 nitrogen and oxygen atoms in total. The molecule has 1 amide bonds. The fraction of sp³-hybridized carbons (Fsp3) is 0.378. The first-order chi connectivity index (χ1) is 25.9. The number of ether oxygens (including phenoxy) is 4. The van der Waals surface area contributed by atoms with Gasteiger partial charge in [0.25, 0.3) is 0 Å². The van der Waals surface area contributed by atoms with Crippen LogP contribution in [0.15, 0.2) is 42.5 Å². The average molecular weight is 855 g/mol. The summed E-state index contributed by atoms with van der Waals surface area (Å²) in [7, 11) is 1.27. The van der Waals surface area contributed by atoms with Gasteiger partial charge in [0.05, 0.1) is 18.2 Å². The predicted octanol–water partition coefficient (Wildman–Crippen LogP) is 3.40. The van der Waals surface area contributed by atoms with Crippen LogP contribution in [0.4, 0.5) is 13.2 Å². The summed E-state index contributed by atoms with van der Waals surface area (Å²) in [5.74, 6) is -7.28. The topological polar surface area (TPSA) is 195 Å². The zero-order valence-corrected chi connectivity index (χ0v) is 31.7. The predicted molar refractivity (Wildman–Crippen MR) is 186 cm³/mol. The van der Waals surface area contributed by atoms with E-state index in [-0.39, 0.29) is 33.3 Å². The van der Waals surface area contributed by atoms with Gasteiger partial charge in [-0.25, -0.2) is 0 Å². The Bertz CT molecular complexity index is 2110. The molecule has 0 aromatic heterocycles. The second-order valence-corrected chi connectivity index (χ2v) is 15.8. The number of fused-ring (bicyclic) bond motifs is 3. The van der Waals surface area contributed by atoms with Crippen molar-refractivity contribution in [3.05, 3.63) is 80.9 Å². The number of ketones is 3. The van der Waals surface area contributed by atoms with Crippen LogP contribution in [0.2, 0.25) is 10.3 Å². The molecule has 3 aromatic carbocycles. The van der Waals surface area contributed by atoms with Gasteiger partial charge in [0, 0.05) is 5.56 Å². The van der Waals surface area contributed by atoms with E-state index in [0.717, 1.165) is 6.92 Å². The van der Waals surface area contributed by atoms with E-state index in [1.54, 1.807) is 24.3 Å². The van der Waals surface area contributed by atoms with Crippen LogP contribution in [0.1, 0.15) is 75.8 Å². The molecule has 2 aliphatic carbocycles. The molecule has 6 rings (SSSR count). The average Bonchev–Trinajstić information content (AvgIpc) is 3.12. The molecule has 6 atom stereocenters. The first-order valence-electron chi connectivity index (χ1n) is 16.7. The number of esters is 1. The van der Waals surface area contributed by atoms with Gasteiger partial charge >= 0.3 is 233 Å². The van der Waals surface area contributed by atoms with Gasteiger partial charge < -0.3 is 9.84 Å². The van der Waals surface area contributed by atoms with Crippen molar-refractivity contribution in [1.82, 2.24) is 5.32 Å². The third kappa shape index (κ3) is 7.56. The standard InChI is InChI=1S/C37H33ClF3NO12Se/c1-15-34(54-24(44)14-55-23-10-5-4-8-19(23)38)20(42-35(49)37(39,40)41)11-25(52-15)53-22-13-36(50,16(2)43)12-18-27(22)33(48)29-28(31(18)46)30(45)17-7-6-9-21(51-3)26(17)32(29)47/h4-10,15,20,22,25,34,46,48,50H,11-14H2,1-3H3,(H,42,49)/t15-,20-,22-,25-,34-,36-/m0/s1. The van der Waals surface area contributed by atoms with Gasteiger partial charge in [0.1, 0.15) is 5.75 Å². The number of hydrogen-bond acceptors (Lipinski definition) is 12. The van der Waals surface area contributed by atoms with Crippen molar-refractivity contribution in [3.8, 4) is 17.2 Å². The Hall–Kier alpha value is -4.51. The Morgan fingerprint density at radius 1 is 1.04 bits per heavy atom. The minimum atomic E-state index is -5.33. The maximum absolute atomic E-state index is 13.9. The molecule has 1 aliphatic heterocycles. The van der Waals surface area contributed by atoms with E-state index in [9.17, 15) is 52.5 Å². The van der Waals surface area contributed by atoms with Crippen LogP contribution in [0.25, 0.3) is 0 Å². The zero-order chi connectivity index (χ0) is 40.1. The number of alkyl halides is 3. The van der Waals surface area contributed by atoms with Gasteiger partial charge in [-0.05, 0) is 13.0 Å². The molecule has 0 radical (unpaired) electrons. The Kier molecular flexibility index (Phi) is 11.1. The molecular formula is C37H33ClF3NO12Se. The van der Waals surface area contributed by atoms with Crippen LogP contribution in [0.3, 0.4) is 0 Å². The minimum absolute atomic E-state index is 0.00794. The van der Waals surface area contributed by atoms with E-state index in [1.807, 2.05) is 5.32 Å². The number of hydrogen-bond donors (Lipinski definition) is 4. The summed E-state index contributed by atoms with van der Waals surface area (Å²) in [5, 5.41) is 36.9. The van der Waals surface area contributed by atoms with Crippen LogP contribution >= 0.6 is 11.6 Å². The van der Waals surface area contributed by atoms with Crippen LogP contribution in [0, 0.1) is 0 Å². The second-order valence-electron chi connectivity index (χ2n) is 13.2. The number of phenols is 2.